The van der Waals surface area contributed by atoms with Crippen LogP contribution in [0.5, 0.6) is 11.5 Å². The molecule has 3 aromatic rings. The number of methoxy groups -OCH3 is 2. The molecule has 1 fully saturated rings. The molecule has 204 valence electrons. The molecule has 0 spiro atoms. The fourth-order valence-electron chi connectivity index (χ4n) is 4.33. The standard InChI is InChI=1S/C29H32N4O6/c1-4-39-27(34)19-30-28(35)20-8-11-22(12-9-20)32-14-16-33(17-15-32)29(36)24-7-5-6-23(31-24)21-10-13-25(37-2)26(18-21)38-3/h5-13,18H,4,14-17,19H2,1-3H3,(H,30,35). The zero-order chi connectivity index (χ0) is 27.8. The number of rotatable bonds is 9. The Kier molecular flexibility index (Phi) is 8.98. The van der Waals surface area contributed by atoms with E-state index in [9.17, 15) is 14.4 Å². The zero-order valence-electron chi connectivity index (χ0n) is 22.3. The van der Waals surface area contributed by atoms with Gasteiger partial charge in [-0.25, -0.2) is 4.98 Å². The summed E-state index contributed by atoms with van der Waals surface area (Å²) in [5.74, 6) is 0.282. The van der Waals surface area contributed by atoms with Crippen LogP contribution in [0.1, 0.15) is 27.8 Å². The summed E-state index contributed by atoms with van der Waals surface area (Å²) in [6.07, 6.45) is 0. The van der Waals surface area contributed by atoms with Gasteiger partial charge in [-0.05, 0) is 61.5 Å². The van der Waals surface area contributed by atoms with Gasteiger partial charge in [-0.1, -0.05) is 6.07 Å². The second kappa shape index (κ2) is 12.8. The van der Waals surface area contributed by atoms with Gasteiger partial charge >= 0.3 is 5.97 Å². The number of pyridine rings is 1. The highest BCUT2D eigenvalue weighted by Crippen LogP contribution is 2.31. The first kappa shape index (κ1) is 27.4. The van der Waals surface area contributed by atoms with Crippen LogP contribution in [0.3, 0.4) is 0 Å². The lowest BCUT2D eigenvalue weighted by Gasteiger charge is -2.36. The Labute approximate surface area is 227 Å². The molecule has 2 amide bonds. The third-order valence-electron chi connectivity index (χ3n) is 6.41. The lowest BCUT2D eigenvalue weighted by molar-refractivity contribution is -0.141. The van der Waals surface area contributed by atoms with E-state index in [-0.39, 0.29) is 25.0 Å². The fraction of sp³-hybridized carbons (Fsp3) is 0.310. The first-order valence-electron chi connectivity index (χ1n) is 12.7. The molecule has 1 N–H and O–H groups in total. The quantitative estimate of drug-likeness (QED) is 0.419. The average molecular weight is 533 g/mol. The number of piperazine rings is 1. The van der Waals surface area contributed by atoms with Crippen molar-refractivity contribution in [2.45, 2.75) is 6.92 Å². The Morgan fingerprint density at radius 2 is 1.62 bits per heavy atom. The predicted molar refractivity (Wildman–Crippen MR) is 146 cm³/mol. The number of esters is 1. The van der Waals surface area contributed by atoms with Gasteiger partial charge in [0.25, 0.3) is 11.8 Å². The minimum Gasteiger partial charge on any atom is -0.493 e. The Morgan fingerprint density at radius 3 is 2.28 bits per heavy atom. The third kappa shape index (κ3) is 6.64. The normalized spacial score (nSPS) is 13.0. The number of hydrogen-bond donors (Lipinski definition) is 1. The van der Waals surface area contributed by atoms with Gasteiger partial charge < -0.3 is 29.3 Å². The number of hydrogen-bond acceptors (Lipinski definition) is 8. The number of nitrogens with zero attached hydrogens (tertiary/aromatic N) is 3. The van der Waals surface area contributed by atoms with Crippen molar-refractivity contribution in [3.63, 3.8) is 0 Å². The average Bonchev–Trinajstić information content (AvgIpc) is 2.99. The van der Waals surface area contributed by atoms with Crippen LogP contribution in [-0.2, 0) is 9.53 Å². The Bertz CT molecular complexity index is 1320. The van der Waals surface area contributed by atoms with E-state index in [2.05, 4.69) is 15.2 Å². The Morgan fingerprint density at radius 1 is 0.897 bits per heavy atom. The van der Waals surface area contributed by atoms with Gasteiger partial charge in [0.05, 0.1) is 26.5 Å². The minimum atomic E-state index is -0.474. The van der Waals surface area contributed by atoms with Gasteiger partial charge in [0.2, 0.25) is 0 Å². The number of aromatic nitrogens is 1. The predicted octanol–water partition coefficient (Wildman–Crippen LogP) is 3.02. The highest BCUT2D eigenvalue weighted by Gasteiger charge is 2.24. The summed E-state index contributed by atoms with van der Waals surface area (Å²) >= 11 is 0. The molecule has 2 heterocycles. The molecule has 4 rings (SSSR count). The summed E-state index contributed by atoms with van der Waals surface area (Å²) in [5, 5.41) is 2.55. The van der Waals surface area contributed by atoms with Crippen molar-refractivity contribution < 1.29 is 28.6 Å². The van der Waals surface area contributed by atoms with Crippen molar-refractivity contribution >= 4 is 23.5 Å². The van der Waals surface area contributed by atoms with Gasteiger partial charge in [-0.15, -0.1) is 0 Å². The summed E-state index contributed by atoms with van der Waals surface area (Å²) in [7, 11) is 3.16. The van der Waals surface area contributed by atoms with Crippen LogP contribution in [-0.4, -0.2) is 81.2 Å². The van der Waals surface area contributed by atoms with E-state index in [1.807, 2.05) is 42.5 Å². The topological polar surface area (TPSA) is 110 Å². The molecule has 10 nitrogen and oxygen atoms in total. The number of nitrogens with one attached hydrogen (secondary N) is 1. The molecule has 2 aromatic carbocycles. The number of benzene rings is 2. The van der Waals surface area contributed by atoms with Gasteiger partial charge in [0, 0.05) is 43.0 Å². The van der Waals surface area contributed by atoms with E-state index in [0.29, 0.717) is 54.6 Å². The smallest absolute Gasteiger partial charge is 0.325 e. The Hall–Kier alpha value is -4.60. The number of carbonyl (C=O) groups excluding carboxylic acids is 3. The first-order valence-corrected chi connectivity index (χ1v) is 12.7. The van der Waals surface area contributed by atoms with E-state index in [0.717, 1.165) is 11.3 Å². The molecule has 1 saturated heterocycles. The molecular weight excluding hydrogens is 500 g/mol. The van der Waals surface area contributed by atoms with Gasteiger partial charge in [-0.2, -0.15) is 0 Å². The fourth-order valence-corrected chi connectivity index (χ4v) is 4.33. The maximum Gasteiger partial charge on any atom is 0.325 e. The summed E-state index contributed by atoms with van der Waals surface area (Å²) in [4.78, 5) is 45.5. The van der Waals surface area contributed by atoms with Gasteiger partial charge in [-0.3, -0.25) is 14.4 Å². The first-order chi connectivity index (χ1) is 18.9. The lowest BCUT2D eigenvalue weighted by atomic mass is 10.1. The molecule has 0 aliphatic carbocycles. The second-order valence-electron chi connectivity index (χ2n) is 8.79. The van der Waals surface area contributed by atoms with Crippen molar-refractivity contribution in [2.75, 3.05) is 58.5 Å². The summed E-state index contributed by atoms with van der Waals surface area (Å²) < 4.78 is 15.5. The summed E-state index contributed by atoms with van der Waals surface area (Å²) in [5.41, 5.74) is 3.29. The van der Waals surface area contributed by atoms with Crippen molar-refractivity contribution in [2.24, 2.45) is 0 Å². The highest BCUT2D eigenvalue weighted by molar-refractivity contribution is 5.96. The van der Waals surface area contributed by atoms with Crippen molar-refractivity contribution in [1.82, 2.24) is 15.2 Å². The molecular formula is C29H32N4O6. The van der Waals surface area contributed by atoms with E-state index in [4.69, 9.17) is 14.2 Å². The van der Waals surface area contributed by atoms with Crippen LogP contribution in [0, 0.1) is 0 Å². The highest BCUT2D eigenvalue weighted by atomic mass is 16.5. The number of carbonyl (C=O) groups is 3. The maximum absolute atomic E-state index is 13.2. The number of ether oxygens (including phenoxy) is 3. The van der Waals surface area contributed by atoms with Crippen LogP contribution < -0.4 is 19.7 Å². The SMILES string of the molecule is CCOC(=O)CNC(=O)c1ccc(N2CCN(C(=O)c3cccc(-c4ccc(OC)c(OC)c4)n3)CC2)cc1. The van der Waals surface area contributed by atoms with Crippen LogP contribution in [0.25, 0.3) is 11.3 Å². The van der Waals surface area contributed by atoms with Gasteiger partial charge in [0.1, 0.15) is 12.2 Å². The van der Waals surface area contributed by atoms with Crippen LogP contribution in [0.4, 0.5) is 5.69 Å². The molecule has 0 bridgehead atoms. The van der Waals surface area contributed by atoms with Crippen LogP contribution in [0.2, 0.25) is 0 Å². The molecule has 0 atom stereocenters. The zero-order valence-corrected chi connectivity index (χ0v) is 22.3. The van der Waals surface area contributed by atoms with Crippen molar-refractivity contribution in [3.05, 3.63) is 71.9 Å². The van der Waals surface area contributed by atoms with Crippen LogP contribution >= 0.6 is 0 Å². The van der Waals surface area contributed by atoms with E-state index in [1.54, 1.807) is 44.2 Å². The molecule has 1 aliphatic heterocycles. The minimum absolute atomic E-state index is 0.120. The monoisotopic (exact) mass is 532 g/mol. The molecule has 1 aliphatic rings. The lowest BCUT2D eigenvalue weighted by Crippen LogP contribution is -2.49. The largest absolute Gasteiger partial charge is 0.493 e. The third-order valence-corrected chi connectivity index (χ3v) is 6.41. The van der Waals surface area contributed by atoms with E-state index >= 15 is 0 Å². The molecule has 0 radical (unpaired) electrons. The number of anilines is 1. The molecule has 0 unspecified atom stereocenters. The Balaban J connectivity index is 1.35. The summed E-state index contributed by atoms with van der Waals surface area (Å²) in [6.45, 7) is 4.20. The molecule has 10 heteroatoms. The number of amides is 2. The van der Waals surface area contributed by atoms with Crippen molar-refractivity contribution in [3.8, 4) is 22.8 Å². The van der Waals surface area contributed by atoms with E-state index < -0.39 is 5.97 Å². The van der Waals surface area contributed by atoms with Gasteiger partial charge in [0.15, 0.2) is 11.5 Å². The summed E-state index contributed by atoms with van der Waals surface area (Å²) in [6, 6.07) is 18.1. The molecule has 0 saturated carbocycles. The molecule has 39 heavy (non-hydrogen) atoms. The van der Waals surface area contributed by atoms with Crippen LogP contribution in [0.15, 0.2) is 60.7 Å². The molecule has 1 aromatic heterocycles. The maximum atomic E-state index is 13.2. The van der Waals surface area contributed by atoms with E-state index in [1.165, 1.54) is 0 Å². The van der Waals surface area contributed by atoms with Crippen molar-refractivity contribution in [1.29, 1.82) is 0 Å². The second-order valence-corrected chi connectivity index (χ2v) is 8.79.